The van der Waals surface area contributed by atoms with E-state index in [-0.39, 0.29) is 12.3 Å². The van der Waals surface area contributed by atoms with Crippen LogP contribution in [0.25, 0.3) is 16.2 Å². The van der Waals surface area contributed by atoms with E-state index >= 15 is 0 Å². The second kappa shape index (κ2) is 7.93. The van der Waals surface area contributed by atoms with E-state index in [1.54, 1.807) is 0 Å². The first-order valence-corrected chi connectivity index (χ1v) is 9.83. The summed E-state index contributed by atoms with van der Waals surface area (Å²) in [6, 6.07) is 8.03. The number of aromatic nitrogens is 2. The van der Waals surface area contributed by atoms with Crippen LogP contribution in [0.5, 0.6) is 0 Å². The number of hydrazone groups is 1. The molecule has 0 saturated heterocycles. The third-order valence-corrected chi connectivity index (χ3v) is 5.34. The van der Waals surface area contributed by atoms with Crippen LogP contribution in [0, 0.1) is 0 Å². The number of amides is 1. The van der Waals surface area contributed by atoms with Gasteiger partial charge in [-0.25, -0.2) is 10.4 Å². The Hall–Kier alpha value is -1.99. The standard InChI is InChI=1S/C18H19BrN4OS/c1-3-14(4-2)21-22-17(24)9-15-11-25-18-20-16(10-23(15)18)12-5-7-13(19)8-6-12/h5-8,10-11H,3-4,9H2,1-2H3,(H,22,24). The summed E-state index contributed by atoms with van der Waals surface area (Å²) in [4.78, 5) is 17.7. The second-order valence-corrected chi connectivity index (χ2v) is 7.36. The van der Waals surface area contributed by atoms with E-state index in [1.165, 1.54) is 11.3 Å². The third-order valence-electron chi connectivity index (χ3n) is 3.92. The van der Waals surface area contributed by atoms with E-state index in [0.717, 1.165) is 44.9 Å². The summed E-state index contributed by atoms with van der Waals surface area (Å²) in [5.41, 5.74) is 6.50. The summed E-state index contributed by atoms with van der Waals surface area (Å²) in [6.07, 6.45) is 3.94. The van der Waals surface area contributed by atoms with Gasteiger partial charge < -0.3 is 0 Å². The number of halogens is 1. The molecule has 130 valence electrons. The van der Waals surface area contributed by atoms with Gasteiger partial charge in [0.15, 0.2) is 4.96 Å². The molecule has 1 amide bonds. The number of imidazole rings is 1. The minimum atomic E-state index is -0.113. The van der Waals surface area contributed by atoms with Crippen molar-refractivity contribution in [2.45, 2.75) is 33.1 Å². The van der Waals surface area contributed by atoms with Crippen molar-refractivity contribution in [3.63, 3.8) is 0 Å². The molecule has 5 nitrogen and oxygen atoms in total. The van der Waals surface area contributed by atoms with Gasteiger partial charge in [-0.05, 0) is 25.0 Å². The molecule has 1 aromatic carbocycles. The molecular formula is C18H19BrN4OS. The molecule has 7 heteroatoms. The van der Waals surface area contributed by atoms with Crippen LogP contribution in [-0.2, 0) is 11.2 Å². The number of hydrogen-bond donors (Lipinski definition) is 1. The fourth-order valence-corrected chi connectivity index (χ4v) is 3.61. The normalized spacial score (nSPS) is 10.8. The number of nitrogens with one attached hydrogen (secondary N) is 1. The average molecular weight is 419 g/mol. The largest absolute Gasteiger partial charge is 0.294 e. The van der Waals surface area contributed by atoms with Crippen molar-refractivity contribution >= 4 is 43.8 Å². The van der Waals surface area contributed by atoms with Gasteiger partial charge in [0.2, 0.25) is 5.91 Å². The first-order valence-electron chi connectivity index (χ1n) is 8.16. The quantitative estimate of drug-likeness (QED) is 0.467. The summed E-state index contributed by atoms with van der Waals surface area (Å²) in [5, 5.41) is 6.14. The average Bonchev–Trinajstić information content (AvgIpc) is 3.18. The van der Waals surface area contributed by atoms with Gasteiger partial charge in [-0.2, -0.15) is 5.10 Å². The Labute approximate surface area is 158 Å². The third kappa shape index (κ3) is 4.16. The molecule has 0 fully saturated rings. The van der Waals surface area contributed by atoms with E-state index in [4.69, 9.17) is 0 Å². The molecule has 0 saturated carbocycles. The molecule has 0 unspecified atom stereocenters. The number of carbonyl (C=O) groups is 1. The molecule has 0 aliphatic heterocycles. The lowest BCUT2D eigenvalue weighted by molar-refractivity contribution is -0.120. The highest BCUT2D eigenvalue weighted by atomic mass is 79.9. The van der Waals surface area contributed by atoms with Crippen LogP contribution < -0.4 is 5.43 Å². The van der Waals surface area contributed by atoms with Gasteiger partial charge in [0, 0.05) is 33.0 Å². The topological polar surface area (TPSA) is 58.8 Å². The molecule has 1 N–H and O–H groups in total. The minimum Gasteiger partial charge on any atom is -0.294 e. The van der Waals surface area contributed by atoms with Gasteiger partial charge in [0.1, 0.15) is 0 Å². The van der Waals surface area contributed by atoms with Crippen molar-refractivity contribution in [1.82, 2.24) is 14.8 Å². The summed E-state index contributed by atoms with van der Waals surface area (Å²) < 4.78 is 3.01. The Bertz CT molecular complexity index is 905. The van der Waals surface area contributed by atoms with Crippen molar-refractivity contribution < 1.29 is 4.79 Å². The lowest BCUT2D eigenvalue weighted by Crippen LogP contribution is -2.21. The van der Waals surface area contributed by atoms with Crippen molar-refractivity contribution in [3.8, 4) is 11.3 Å². The molecule has 3 rings (SSSR count). The van der Waals surface area contributed by atoms with E-state index in [1.807, 2.05) is 54.1 Å². The highest BCUT2D eigenvalue weighted by Crippen LogP contribution is 2.25. The van der Waals surface area contributed by atoms with E-state index in [2.05, 4.69) is 31.4 Å². The van der Waals surface area contributed by atoms with Crippen LogP contribution in [0.4, 0.5) is 0 Å². The highest BCUT2D eigenvalue weighted by Gasteiger charge is 2.12. The van der Waals surface area contributed by atoms with E-state index < -0.39 is 0 Å². The molecular weight excluding hydrogens is 400 g/mol. The monoisotopic (exact) mass is 418 g/mol. The molecule has 25 heavy (non-hydrogen) atoms. The number of thiazole rings is 1. The first-order chi connectivity index (χ1) is 12.1. The summed E-state index contributed by atoms with van der Waals surface area (Å²) in [7, 11) is 0. The minimum absolute atomic E-state index is 0.113. The molecule has 0 spiro atoms. The molecule has 2 heterocycles. The maximum Gasteiger partial charge on any atom is 0.246 e. The zero-order chi connectivity index (χ0) is 17.8. The molecule has 2 aromatic heterocycles. The van der Waals surface area contributed by atoms with E-state index in [0.29, 0.717) is 0 Å². The summed E-state index contributed by atoms with van der Waals surface area (Å²) in [6.45, 7) is 4.07. The van der Waals surface area contributed by atoms with Gasteiger partial charge in [-0.3, -0.25) is 9.20 Å². The van der Waals surface area contributed by atoms with Crippen molar-refractivity contribution in [2.75, 3.05) is 0 Å². The fourth-order valence-electron chi connectivity index (χ4n) is 2.47. The number of rotatable bonds is 6. The lowest BCUT2D eigenvalue weighted by Gasteiger charge is -2.02. The van der Waals surface area contributed by atoms with Crippen LogP contribution in [0.2, 0.25) is 0 Å². The SMILES string of the molecule is CCC(CC)=NNC(=O)Cc1csc2nc(-c3ccc(Br)cc3)cn12. The van der Waals surface area contributed by atoms with Crippen molar-refractivity contribution in [3.05, 3.63) is 46.0 Å². The summed E-state index contributed by atoms with van der Waals surface area (Å²) in [5.74, 6) is -0.113. The van der Waals surface area contributed by atoms with Gasteiger partial charge in [-0.15, -0.1) is 11.3 Å². The maximum atomic E-state index is 12.2. The number of hydrogen-bond acceptors (Lipinski definition) is 4. The zero-order valence-electron chi connectivity index (χ0n) is 14.1. The number of fused-ring (bicyclic) bond motifs is 1. The Morgan fingerprint density at radius 3 is 2.68 bits per heavy atom. The van der Waals surface area contributed by atoms with Crippen LogP contribution >= 0.6 is 27.3 Å². The molecule has 0 aliphatic rings. The Morgan fingerprint density at radius 2 is 2.00 bits per heavy atom. The van der Waals surface area contributed by atoms with Crippen LogP contribution in [0.1, 0.15) is 32.4 Å². The van der Waals surface area contributed by atoms with Gasteiger partial charge in [-0.1, -0.05) is 41.9 Å². The van der Waals surface area contributed by atoms with Crippen molar-refractivity contribution in [1.29, 1.82) is 0 Å². The second-order valence-electron chi connectivity index (χ2n) is 5.61. The smallest absolute Gasteiger partial charge is 0.246 e. The predicted molar refractivity (Wildman–Crippen MR) is 106 cm³/mol. The Morgan fingerprint density at radius 1 is 1.28 bits per heavy atom. The predicted octanol–water partition coefficient (Wildman–Crippen LogP) is 4.66. The molecule has 0 radical (unpaired) electrons. The molecule has 0 aliphatic carbocycles. The number of carbonyl (C=O) groups excluding carboxylic acids is 1. The van der Waals surface area contributed by atoms with Crippen LogP contribution in [-0.4, -0.2) is 21.0 Å². The molecule has 3 aromatic rings. The van der Waals surface area contributed by atoms with Crippen molar-refractivity contribution in [2.24, 2.45) is 5.10 Å². The number of nitrogens with zero attached hydrogens (tertiary/aromatic N) is 3. The van der Waals surface area contributed by atoms with Gasteiger partial charge >= 0.3 is 0 Å². The number of benzene rings is 1. The molecule has 0 atom stereocenters. The first kappa shape index (κ1) is 17.8. The Kier molecular flexibility index (Phi) is 5.65. The maximum absolute atomic E-state index is 12.2. The Balaban J connectivity index is 1.78. The van der Waals surface area contributed by atoms with Crippen LogP contribution in [0.15, 0.2) is 45.4 Å². The summed E-state index contributed by atoms with van der Waals surface area (Å²) >= 11 is 4.98. The fraction of sp³-hybridized carbons (Fsp3) is 0.278. The van der Waals surface area contributed by atoms with E-state index in [9.17, 15) is 4.79 Å². The van der Waals surface area contributed by atoms with Gasteiger partial charge in [0.25, 0.3) is 0 Å². The lowest BCUT2D eigenvalue weighted by atomic mass is 10.2. The highest BCUT2D eigenvalue weighted by molar-refractivity contribution is 9.10. The van der Waals surface area contributed by atoms with Gasteiger partial charge in [0.05, 0.1) is 12.1 Å². The molecule has 0 bridgehead atoms. The van der Waals surface area contributed by atoms with Crippen LogP contribution in [0.3, 0.4) is 0 Å². The zero-order valence-corrected chi connectivity index (χ0v) is 16.5.